The third-order valence-corrected chi connectivity index (χ3v) is 3.58. The molecule has 0 atom stereocenters. The summed E-state index contributed by atoms with van der Waals surface area (Å²) in [5.74, 6) is 1.87. The van der Waals surface area contributed by atoms with Gasteiger partial charge in [-0.2, -0.15) is 0 Å². The van der Waals surface area contributed by atoms with Gasteiger partial charge in [-0.05, 0) is 28.1 Å². The zero-order valence-electron chi connectivity index (χ0n) is 11.8. The molecule has 0 fully saturated rings. The Bertz CT molecular complexity index is 781. The summed E-state index contributed by atoms with van der Waals surface area (Å²) in [5, 5.41) is 5.59. The highest BCUT2D eigenvalue weighted by Crippen LogP contribution is 2.26. The molecule has 1 N–H and O–H groups in total. The molecule has 0 spiro atoms. The molecule has 4 nitrogen and oxygen atoms in total. The molecular formula is C16H15BrN4. The molecule has 0 aliphatic heterocycles. The number of hydrogen-bond acceptors (Lipinski definition) is 4. The second kappa shape index (κ2) is 5.77. The van der Waals surface area contributed by atoms with Crippen LogP contribution in [0.1, 0.15) is 25.6 Å². The number of benzene rings is 1. The van der Waals surface area contributed by atoms with Crippen molar-refractivity contribution >= 4 is 38.2 Å². The SMILES string of the molecule is CC(C)c1nc(Br)cc(Nc2cccc3cnccc23)n1. The van der Waals surface area contributed by atoms with E-state index >= 15 is 0 Å². The fourth-order valence-corrected chi connectivity index (χ4v) is 2.53. The number of aromatic nitrogens is 3. The predicted molar refractivity (Wildman–Crippen MR) is 88.8 cm³/mol. The number of halogens is 1. The molecule has 0 radical (unpaired) electrons. The monoisotopic (exact) mass is 342 g/mol. The Kier molecular flexibility index (Phi) is 3.84. The molecule has 0 aliphatic carbocycles. The van der Waals surface area contributed by atoms with Gasteiger partial charge >= 0.3 is 0 Å². The largest absolute Gasteiger partial charge is 0.340 e. The first-order valence-electron chi connectivity index (χ1n) is 6.78. The molecule has 0 unspecified atom stereocenters. The van der Waals surface area contributed by atoms with Crippen molar-refractivity contribution in [1.82, 2.24) is 15.0 Å². The predicted octanol–water partition coefficient (Wildman–Crippen LogP) is 4.65. The number of anilines is 2. The van der Waals surface area contributed by atoms with E-state index in [0.29, 0.717) is 0 Å². The van der Waals surface area contributed by atoms with E-state index in [9.17, 15) is 0 Å². The van der Waals surface area contributed by atoms with Crippen LogP contribution >= 0.6 is 15.9 Å². The number of rotatable bonds is 3. The molecule has 106 valence electrons. The standard InChI is InChI=1S/C16H15BrN4/c1-10(2)16-20-14(17)8-15(21-16)19-13-5-3-4-11-9-18-7-6-12(11)13/h3-10H,1-2H3,(H,19,20,21). The van der Waals surface area contributed by atoms with E-state index in [4.69, 9.17) is 0 Å². The van der Waals surface area contributed by atoms with Gasteiger partial charge in [0.05, 0.1) is 0 Å². The van der Waals surface area contributed by atoms with Gasteiger partial charge in [-0.3, -0.25) is 4.98 Å². The van der Waals surface area contributed by atoms with Crippen molar-refractivity contribution in [2.45, 2.75) is 19.8 Å². The van der Waals surface area contributed by atoms with Gasteiger partial charge in [0, 0.05) is 40.8 Å². The van der Waals surface area contributed by atoms with E-state index in [1.165, 1.54) is 0 Å². The molecular weight excluding hydrogens is 328 g/mol. The third kappa shape index (κ3) is 3.03. The molecule has 3 rings (SSSR count). The molecule has 2 aromatic heterocycles. The Labute approximate surface area is 131 Å². The summed E-state index contributed by atoms with van der Waals surface area (Å²) >= 11 is 3.44. The van der Waals surface area contributed by atoms with Gasteiger partial charge in [-0.1, -0.05) is 26.0 Å². The van der Waals surface area contributed by atoms with Gasteiger partial charge < -0.3 is 5.32 Å². The number of hydrogen-bond donors (Lipinski definition) is 1. The van der Waals surface area contributed by atoms with Crippen LogP contribution in [0.15, 0.2) is 47.3 Å². The lowest BCUT2D eigenvalue weighted by molar-refractivity contribution is 0.771. The Hall–Kier alpha value is -2.01. The fraction of sp³-hybridized carbons (Fsp3) is 0.188. The Morgan fingerprint density at radius 2 is 2.00 bits per heavy atom. The van der Waals surface area contributed by atoms with E-state index < -0.39 is 0 Å². The van der Waals surface area contributed by atoms with E-state index in [0.717, 1.165) is 32.7 Å². The van der Waals surface area contributed by atoms with Crippen molar-refractivity contribution < 1.29 is 0 Å². The van der Waals surface area contributed by atoms with Gasteiger partial charge in [0.15, 0.2) is 0 Å². The van der Waals surface area contributed by atoms with Gasteiger partial charge in [0.25, 0.3) is 0 Å². The lowest BCUT2D eigenvalue weighted by Gasteiger charge is -2.11. The first-order valence-corrected chi connectivity index (χ1v) is 7.57. The Morgan fingerprint density at radius 1 is 1.14 bits per heavy atom. The van der Waals surface area contributed by atoms with Gasteiger partial charge in [-0.25, -0.2) is 9.97 Å². The van der Waals surface area contributed by atoms with Crippen LogP contribution in [0.25, 0.3) is 10.8 Å². The fourth-order valence-electron chi connectivity index (χ4n) is 2.13. The number of pyridine rings is 1. The average molecular weight is 343 g/mol. The molecule has 0 bridgehead atoms. The highest BCUT2D eigenvalue weighted by Gasteiger charge is 2.08. The van der Waals surface area contributed by atoms with Crippen molar-refractivity contribution in [3.8, 4) is 0 Å². The van der Waals surface area contributed by atoms with Crippen LogP contribution in [-0.2, 0) is 0 Å². The topological polar surface area (TPSA) is 50.7 Å². The van der Waals surface area contributed by atoms with Gasteiger partial charge in [0.2, 0.25) is 0 Å². The summed E-state index contributed by atoms with van der Waals surface area (Å²) in [6.45, 7) is 4.16. The molecule has 3 aromatic rings. The van der Waals surface area contributed by atoms with Crippen LogP contribution in [0.3, 0.4) is 0 Å². The molecule has 0 aliphatic rings. The first kappa shape index (κ1) is 13.9. The molecule has 1 aromatic carbocycles. The van der Waals surface area contributed by atoms with E-state index in [1.54, 1.807) is 6.20 Å². The van der Waals surface area contributed by atoms with Crippen molar-refractivity contribution in [3.63, 3.8) is 0 Å². The highest BCUT2D eigenvalue weighted by molar-refractivity contribution is 9.10. The minimum atomic E-state index is 0.278. The van der Waals surface area contributed by atoms with E-state index in [-0.39, 0.29) is 5.92 Å². The summed E-state index contributed by atoms with van der Waals surface area (Å²) in [6, 6.07) is 9.96. The smallest absolute Gasteiger partial charge is 0.135 e. The van der Waals surface area contributed by atoms with Crippen LogP contribution in [0.5, 0.6) is 0 Å². The first-order chi connectivity index (χ1) is 10.1. The molecule has 5 heteroatoms. The molecule has 0 saturated carbocycles. The maximum absolute atomic E-state index is 4.57. The zero-order chi connectivity index (χ0) is 14.8. The normalized spacial score (nSPS) is 11.0. The van der Waals surface area contributed by atoms with Crippen molar-refractivity contribution in [2.75, 3.05) is 5.32 Å². The number of nitrogens with one attached hydrogen (secondary N) is 1. The van der Waals surface area contributed by atoms with Crippen molar-refractivity contribution in [3.05, 3.63) is 53.2 Å². The maximum atomic E-state index is 4.57. The average Bonchev–Trinajstić information content (AvgIpc) is 2.47. The van der Waals surface area contributed by atoms with Gasteiger partial charge in [0.1, 0.15) is 16.2 Å². The number of nitrogens with zero attached hydrogens (tertiary/aromatic N) is 3. The van der Waals surface area contributed by atoms with Crippen LogP contribution in [-0.4, -0.2) is 15.0 Å². The lowest BCUT2D eigenvalue weighted by Crippen LogP contribution is -2.02. The summed E-state index contributed by atoms with van der Waals surface area (Å²) in [5.41, 5.74) is 1.01. The highest BCUT2D eigenvalue weighted by atomic mass is 79.9. The molecule has 2 heterocycles. The van der Waals surface area contributed by atoms with Crippen LogP contribution in [0.2, 0.25) is 0 Å². The summed E-state index contributed by atoms with van der Waals surface area (Å²) in [7, 11) is 0. The van der Waals surface area contributed by atoms with E-state index in [2.05, 4.69) is 50.0 Å². The summed E-state index contributed by atoms with van der Waals surface area (Å²) < 4.78 is 0.783. The van der Waals surface area contributed by atoms with Gasteiger partial charge in [-0.15, -0.1) is 0 Å². The zero-order valence-corrected chi connectivity index (χ0v) is 13.4. The second-order valence-electron chi connectivity index (χ2n) is 5.12. The van der Waals surface area contributed by atoms with Crippen molar-refractivity contribution in [1.29, 1.82) is 0 Å². The second-order valence-corrected chi connectivity index (χ2v) is 5.93. The van der Waals surface area contributed by atoms with E-state index in [1.807, 2.05) is 36.5 Å². The molecule has 0 amide bonds. The quantitative estimate of drug-likeness (QED) is 0.703. The lowest BCUT2D eigenvalue weighted by atomic mass is 10.1. The minimum absolute atomic E-state index is 0.278. The number of fused-ring (bicyclic) bond motifs is 1. The third-order valence-electron chi connectivity index (χ3n) is 3.17. The molecule has 21 heavy (non-hydrogen) atoms. The Balaban J connectivity index is 2.03. The Morgan fingerprint density at radius 3 is 2.81 bits per heavy atom. The van der Waals surface area contributed by atoms with Crippen molar-refractivity contribution in [2.24, 2.45) is 0 Å². The van der Waals surface area contributed by atoms with Crippen LogP contribution in [0.4, 0.5) is 11.5 Å². The minimum Gasteiger partial charge on any atom is -0.340 e. The summed E-state index contributed by atoms with van der Waals surface area (Å²) in [4.78, 5) is 13.1. The maximum Gasteiger partial charge on any atom is 0.135 e. The molecule has 0 saturated heterocycles. The van der Waals surface area contributed by atoms with Crippen LogP contribution in [0, 0.1) is 0 Å². The van der Waals surface area contributed by atoms with Crippen LogP contribution < -0.4 is 5.32 Å². The summed E-state index contributed by atoms with van der Waals surface area (Å²) in [6.07, 6.45) is 3.65.